The number of aromatic nitrogens is 1. The molecule has 0 amide bonds. The Morgan fingerprint density at radius 2 is 1.73 bits per heavy atom. The van der Waals surface area contributed by atoms with Crippen molar-refractivity contribution in [1.29, 1.82) is 0 Å². The number of carbonyl (C=O) groups is 2. The number of rotatable bonds is 1. The lowest BCUT2D eigenvalue weighted by atomic mass is 9.94. The molecule has 138 valence electrons. The van der Waals surface area contributed by atoms with E-state index in [9.17, 15) is 0 Å². The maximum absolute atomic E-state index is 9.10. The third-order valence-electron chi connectivity index (χ3n) is 5.09. The second-order valence-electron chi connectivity index (χ2n) is 6.69. The Kier molecular flexibility index (Phi) is 5.25. The van der Waals surface area contributed by atoms with Crippen LogP contribution in [0.4, 0.5) is 11.5 Å². The van der Waals surface area contributed by atoms with Crippen molar-refractivity contribution in [2.75, 3.05) is 17.2 Å². The Balaban J connectivity index is 0.000000286. The highest BCUT2D eigenvalue weighted by Gasteiger charge is 2.30. The first kappa shape index (κ1) is 18.0. The Morgan fingerprint density at radius 1 is 1.08 bits per heavy atom. The van der Waals surface area contributed by atoms with Gasteiger partial charge in [-0.2, -0.15) is 0 Å². The highest BCUT2D eigenvalue weighted by Crippen LogP contribution is 2.38. The molecule has 0 saturated heterocycles. The predicted molar refractivity (Wildman–Crippen MR) is 99.4 cm³/mol. The lowest BCUT2D eigenvalue weighted by molar-refractivity contribution is -0.159. The summed E-state index contributed by atoms with van der Waals surface area (Å²) in [5.41, 5.74) is 9.65. The van der Waals surface area contributed by atoms with E-state index in [2.05, 4.69) is 17.0 Å². The summed E-state index contributed by atoms with van der Waals surface area (Å²) < 4.78 is 0. The molecule has 2 heterocycles. The largest absolute Gasteiger partial charge is 0.473 e. The van der Waals surface area contributed by atoms with Crippen molar-refractivity contribution in [3.63, 3.8) is 0 Å². The van der Waals surface area contributed by atoms with Gasteiger partial charge >= 0.3 is 11.9 Å². The van der Waals surface area contributed by atoms with Crippen molar-refractivity contribution in [3.8, 4) is 0 Å². The smallest absolute Gasteiger partial charge is 0.414 e. The fraction of sp³-hybridized carbons (Fsp3) is 0.421. The number of hydrogen-bond acceptors (Lipinski definition) is 5. The summed E-state index contributed by atoms with van der Waals surface area (Å²) in [6.07, 6.45) is 7.79. The van der Waals surface area contributed by atoms with E-state index in [1.807, 2.05) is 12.1 Å². The molecule has 1 aromatic carbocycles. The highest BCUT2D eigenvalue weighted by molar-refractivity contribution is 6.27. The Morgan fingerprint density at radius 3 is 2.38 bits per heavy atom. The molecule has 7 heteroatoms. The van der Waals surface area contributed by atoms with Gasteiger partial charge in [0.15, 0.2) is 0 Å². The molecule has 4 rings (SSSR count). The normalized spacial score (nSPS) is 16.7. The van der Waals surface area contributed by atoms with Gasteiger partial charge in [-0.05, 0) is 25.3 Å². The van der Waals surface area contributed by atoms with Gasteiger partial charge in [-0.1, -0.05) is 37.5 Å². The third-order valence-corrected chi connectivity index (χ3v) is 5.09. The molecule has 7 nitrogen and oxygen atoms in total. The Labute approximate surface area is 151 Å². The molecule has 2 aromatic rings. The first-order valence-corrected chi connectivity index (χ1v) is 8.89. The number of aliphatic carboxylic acids is 2. The van der Waals surface area contributed by atoms with Crippen molar-refractivity contribution in [2.45, 2.75) is 44.6 Å². The number of benzene rings is 1. The van der Waals surface area contributed by atoms with E-state index in [0.29, 0.717) is 6.04 Å². The SMILES string of the molecule is Nc1c2c(nc3ccccc13)N(C1CCCCC1)CC2.O=C(O)C(=O)O. The van der Waals surface area contributed by atoms with Gasteiger partial charge in [0.05, 0.1) is 5.52 Å². The molecular formula is C19H23N3O4. The minimum Gasteiger partial charge on any atom is -0.473 e. The fourth-order valence-corrected chi connectivity index (χ4v) is 3.83. The number of nitrogens with two attached hydrogens (primary N) is 1. The van der Waals surface area contributed by atoms with Crippen molar-refractivity contribution in [3.05, 3.63) is 29.8 Å². The molecule has 4 N–H and O–H groups in total. The number of carboxylic acids is 2. The Hall–Kier alpha value is -2.83. The number of carboxylic acid groups (broad SMARTS) is 2. The average Bonchev–Trinajstić information content (AvgIpc) is 3.07. The molecule has 0 unspecified atom stereocenters. The zero-order valence-corrected chi connectivity index (χ0v) is 14.5. The van der Waals surface area contributed by atoms with Crippen LogP contribution in [0.15, 0.2) is 24.3 Å². The molecule has 0 radical (unpaired) electrons. The van der Waals surface area contributed by atoms with E-state index < -0.39 is 11.9 Å². The summed E-state index contributed by atoms with van der Waals surface area (Å²) in [6, 6.07) is 8.92. The van der Waals surface area contributed by atoms with Gasteiger partial charge in [-0.3, -0.25) is 0 Å². The number of nitrogen functional groups attached to an aromatic ring is 1. The molecular weight excluding hydrogens is 334 g/mol. The summed E-state index contributed by atoms with van der Waals surface area (Å²) in [5.74, 6) is -2.49. The molecule has 0 spiro atoms. The minimum atomic E-state index is -1.82. The zero-order valence-electron chi connectivity index (χ0n) is 14.5. The fourth-order valence-electron chi connectivity index (χ4n) is 3.83. The first-order valence-electron chi connectivity index (χ1n) is 8.89. The summed E-state index contributed by atoms with van der Waals surface area (Å²) in [7, 11) is 0. The minimum absolute atomic E-state index is 0.679. The number of para-hydroxylation sites is 1. The molecule has 0 bridgehead atoms. The summed E-state index contributed by atoms with van der Waals surface area (Å²) in [4.78, 5) is 25.6. The van der Waals surface area contributed by atoms with Crippen LogP contribution in [0, 0.1) is 0 Å². The number of anilines is 2. The van der Waals surface area contributed by atoms with Crippen LogP contribution in [-0.2, 0) is 16.0 Å². The number of nitrogens with zero attached hydrogens (tertiary/aromatic N) is 2. The summed E-state index contributed by atoms with van der Waals surface area (Å²) in [5, 5.41) is 15.9. The molecule has 0 atom stereocenters. The van der Waals surface area contributed by atoms with Crippen LogP contribution in [0.2, 0.25) is 0 Å². The van der Waals surface area contributed by atoms with E-state index in [0.717, 1.165) is 35.4 Å². The van der Waals surface area contributed by atoms with E-state index in [1.54, 1.807) is 0 Å². The zero-order chi connectivity index (χ0) is 18.7. The van der Waals surface area contributed by atoms with E-state index in [4.69, 9.17) is 30.5 Å². The summed E-state index contributed by atoms with van der Waals surface area (Å²) in [6.45, 7) is 1.09. The van der Waals surface area contributed by atoms with E-state index in [1.165, 1.54) is 37.7 Å². The van der Waals surface area contributed by atoms with Crippen LogP contribution in [0.25, 0.3) is 10.9 Å². The molecule has 1 aromatic heterocycles. The topological polar surface area (TPSA) is 117 Å². The maximum atomic E-state index is 9.10. The second kappa shape index (κ2) is 7.59. The number of fused-ring (bicyclic) bond motifs is 2. The van der Waals surface area contributed by atoms with Crippen LogP contribution < -0.4 is 10.6 Å². The van der Waals surface area contributed by atoms with Crippen molar-refractivity contribution in [2.24, 2.45) is 0 Å². The van der Waals surface area contributed by atoms with Crippen LogP contribution in [0.5, 0.6) is 0 Å². The maximum Gasteiger partial charge on any atom is 0.414 e. The van der Waals surface area contributed by atoms with Crippen molar-refractivity contribution in [1.82, 2.24) is 4.98 Å². The van der Waals surface area contributed by atoms with Gasteiger partial charge in [-0.25, -0.2) is 14.6 Å². The summed E-state index contributed by atoms with van der Waals surface area (Å²) >= 11 is 0. The van der Waals surface area contributed by atoms with Crippen LogP contribution in [-0.4, -0.2) is 39.7 Å². The van der Waals surface area contributed by atoms with Gasteiger partial charge in [-0.15, -0.1) is 0 Å². The lowest BCUT2D eigenvalue weighted by Gasteiger charge is -2.32. The predicted octanol–water partition coefficient (Wildman–Crippen LogP) is 2.67. The highest BCUT2D eigenvalue weighted by atomic mass is 16.4. The van der Waals surface area contributed by atoms with Gasteiger partial charge < -0.3 is 20.8 Å². The van der Waals surface area contributed by atoms with Gasteiger partial charge in [0.2, 0.25) is 0 Å². The van der Waals surface area contributed by atoms with Crippen LogP contribution in [0.3, 0.4) is 0 Å². The Bertz CT molecular complexity index is 819. The van der Waals surface area contributed by atoms with Crippen molar-refractivity contribution < 1.29 is 19.8 Å². The number of pyridine rings is 1. The quantitative estimate of drug-likeness (QED) is 0.672. The van der Waals surface area contributed by atoms with Crippen molar-refractivity contribution >= 4 is 34.3 Å². The molecule has 1 saturated carbocycles. The first-order chi connectivity index (χ1) is 12.5. The average molecular weight is 357 g/mol. The molecule has 1 aliphatic carbocycles. The monoisotopic (exact) mass is 357 g/mol. The number of hydrogen-bond donors (Lipinski definition) is 3. The van der Waals surface area contributed by atoms with Gasteiger partial charge in [0, 0.05) is 29.2 Å². The molecule has 26 heavy (non-hydrogen) atoms. The van der Waals surface area contributed by atoms with Crippen LogP contribution >= 0.6 is 0 Å². The van der Waals surface area contributed by atoms with Gasteiger partial charge in [0.25, 0.3) is 0 Å². The second-order valence-corrected chi connectivity index (χ2v) is 6.69. The molecule has 1 aliphatic heterocycles. The molecule has 1 fully saturated rings. The van der Waals surface area contributed by atoms with E-state index >= 15 is 0 Å². The van der Waals surface area contributed by atoms with E-state index in [-0.39, 0.29) is 0 Å². The lowest BCUT2D eigenvalue weighted by Crippen LogP contribution is -2.35. The third kappa shape index (κ3) is 3.56. The standard InChI is InChI=1S/C17H21N3.C2H2O4/c18-16-13-8-4-5-9-15(13)19-17-14(16)10-11-20(17)12-6-2-1-3-7-12;3-1(4)2(5)6/h4-5,8-9,12H,1-3,6-7,10-11H2,(H2,18,19);(H,3,4)(H,5,6). The van der Waals surface area contributed by atoms with Gasteiger partial charge in [0.1, 0.15) is 5.82 Å². The molecule has 2 aliphatic rings. The van der Waals surface area contributed by atoms with Crippen LogP contribution in [0.1, 0.15) is 37.7 Å².